The molecule has 1 aromatic rings. The van der Waals surface area contributed by atoms with Crippen molar-refractivity contribution in [3.8, 4) is 0 Å². The molecule has 1 atom stereocenters. The van der Waals surface area contributed by atoms with Gasteiger partial charge in [0.1, 0.15) is 0 Å². The summed E-state index contributed by atoms with van der Waals surface area (Å²) in [6.07, 6.45) is 0. The van der Waals surface area contributed by atoms with Crippen molar-refractivity contribution in [3.63, 3.8) is 0 Å². The predicted molar refractivity (Wildman–Crippen MR) is 59.8 cm³/mol. The van der Waals surface area contributed by atoms with Crippen LogP contribution in [0.15, 0.2) is 33.6 Å². The van der Waals surface area contributed by atoms with Crippen LogP contribution in [-0.2, 0) is 10.0 Å². The number of nitrogens with zero attached hydrogens (tertiary/aromatic N) is 1. The molecule has 3 N–H and O–H groups in total. The van der Waals surface area contributed by atoms with E-state index in [1.54, 1.807) is 18.2 Å². The van der Waals surface area contributed by atoms with Gasteiger partial charge < -0.3 is 10.8 Å². The molecule has 86 valence electrons. The second kappa shape index (κ2) is 3.97. The second-order valence-electron chi connectivity index (χ2n) is 3.56. The van der Waals surface area contributed by atoms with E-state index in [0.717, 1.165) is 0 Å². The standard InChI is InChI=1S/C10H12N2O3S/c11-5-7(6-13)10-8-3-1-2-4-9(8)16(14,15)12-10/h1-4,7,13H,5-6,11H2. The molecule has 0 saturated carbocycles. The average Bonchev–Trinajstić information content (AvgIpc) is 2.54. The summed E-state index contributed by atoms with van der Waals surface area (Å²) in [7, 11) is -3.60. The van der Waals surface area contributed by atoms with Gasteiger partial charge in [0.15, 0.2) is 0 Å². The van der Waals surface area contributed by atoms with Gasteiger partial charge in [0.05, 0.1) is 17.2 Å². The SMILES string of the molecule is NCC(CO)C1=NS(=O)(=O)c2ccccc21. The first kappa shape index (κ1) is 11.3. The van der Waals surface area contributed by atoms with Gasteiger partial charge in [-0.25, -0.2) is 0 Å². The quantitative estimate of drug-likeness (QED) is 0.761. The molecule has 0 spiro atoms. The summed E-state index contributed by atoms with van der Waals surface area (Å²) < 4.78 is 27.1. The van der Waals surface area contributed by atoms with Crippen LogP contribution in [0, 0.1) is 5.92 Å². The van der Waals surface area contributed by atoms with Crippen LogP contribution in [-0.4, -0.2) is 32.4 Å². The maximum Gasteiger partial charge on any atom is 0.283 e. The minimum absolute atomic E-state index is 0.166. The lowest BCUT2D eigenvalue weighted by Crippen LogP contribution is -2.26. The fourth-order valence-electron chi connectivity index (χ4n) is 1.70. The molecular formula is C10H12N2O3S. The van der Waals surface area contributed by atoms with Crippen LogP contribution in [0.5, 0.6) is 0 Å². The van der Waals surface area contributed by atoms with E-state index in [1.807, 2.05) is 0 Å². The average molecular weight is 240 g/mol. The molecule has 0 aliphatic carbocycles. The summed E-state index contributed by atoms with van der Waals surface area (Å²) in [6.45, 7) is -0.0433. The first-order chi connectivity index (χ1) is 7.60. The minimum Gasteiger partial charge on any atom is -0.396 e. The Morgan fingerprint density at radius 2 is 2.06 bits per heavy atom. The van der Waals surface area contributed by atoms with Gasteiger partial charge in [0, 0.05) is 18.0 Å². The molecule has 16 heavy (non-hydrogen) atoms. The highest BCUT2D eigenvalue weighted by atomic mass is 32.2. The van der Waals surface area contributed by atoms with E-state index >= 15 is 0 Å². The summed E-state index contributed by atoms with van der Waals surface area (Å²) in [6, 6.07) is 6.56. The van der Waals surface area contributed by atoms with Gasteiger partial charge in [-0.2, -0.15) is 12.8 Å². The molecule has 0 fully saturated rings. The maximum absolute atomic E-state index is 11.7. The number of rotatable bonds is 3. The number of sulfonamides is 1. The van der Waals surface area contributed by atoms with Gasteiger partial charge in [-0.1, -0.05) is 18.2 Å². The van der Waals surface area contributed by atoms with Gasteiger partial charge in [-0.3, -0.25) is 0 Å². The summed E-state index contributed by atoms with van der Waals surface area (Å²) in [5.41, 5.74) is 6.38. The minimum atomic E-state index is -3.60. The van der Waals surface area contributed by atoms with E-state index in [9.17, 15) is 8.42 Å². The zero-order valence-electron chi connectivity index (χ0n) is 8.50. The predicted octanol–water partition coefficient (Wildman–Crippen LogP) is -0.255. The van der Waals surface area contributed by atoms with Gasteiger partial charge in [-0.05, 0) is 6.07 Å². The lowest BCUT2D eigenvalue weighted by atomic mass is 9.98. The highest BCUT2D eigenvalue weighted by molar-refractivity contribution is 7.90. The molecule has 1 aliphatic rings. The molecule has 0 radical (unpaired) electrons. The van der Waals surface area contributed by atoms with Crippen molar-refractivity contribution in [2.24, 2.45) is 16.0 Å². The molecule has 1 aromatic carbocycles. The van der Waals surface area contributed by atoms with Gasteiger partial charge >= 0.3 is 0 Å². The largest absolute Gasteiger partial charge is 0.396 e. The summed E-state index contributed by atoms with van der Waals surface area (Å²) in [5.74, 6) is -0.432. The Morgan fingerprint density at radius 3 is 2.69 bits per heavy atom. The Hall–Kier alpha value is -1.24. The van der Waals surface area contributed by atoms with Crippen molar-refractivity contribution in [1.82, 2.24) is 0 Å². The highest BCUT2D eigenvalue weighted by Crippen LogP contribution is 2.28. The van der Waals surface area contributed by atoms with Crippen LogP contribution in [0.25, 0.3) is 0 Å². The van der Waals surface area contributed by atoms with Crippen LogP contribution in [0.4, 0.5) is 0 Å². The van der Waals surface area contributed by atoms with Crippen LogP contribution in [0.1, 0.15) is 5.56 Å². The molecule has 0 bridgehead atoms. The molecule has 1 unspecified atom stereocenters. The number of benzene rings is 1. The fourth-order valence-corrected chi connectivity index (χ4v) is 3.00. The third kappa shape index (κ3) is 1.64. The lowest BCUT2D eigenvalue weighted by Gasteiger charge is -2.11. The van der Waals surface area contributed by atoms with Gasteiger partial charge in [-0.15, -0.1) is 0 Å². The van der Waals surface area contributed by atoms with Crippen molar-refractivity contribution in [3.05, 3.63) is 29.8 Å². The summed E-state index contributed by atoms with van der Waals surface area (Å²) in [4.78, 5) is 0.192. The van der Waals surface area contributed by atoms with Crippen molar-refractivity contribution in [1.29, 1.82) is 0 Å². The molecule has 2 rings (SSSR count). The number of hydrogen-bond acceptors (Lipinski definition) is 4. The zero-order chi connectivity index (χ0) is 11.8. The number of hydrogen-bond donors (Lipinski definition) is 2. The third-order valence-corrected chi connectivity index (χ3v) is 3.90. The zero-order valence-corrected chi connectivity index (χ0v) is 9.31. The van der Waals surface area contributed by atoms with E-state index in [2.05, 4.69) is 4.40 Å². The number of aliphatic hydroxyl groups is 1. The van der Waals surface area contributed by atoms with E-state index in [-0.39, 0.29) is 18.0 Å². The topological polar surface area (TPSA) is 92.8 Å². The van der Waals surface area contributed by atoms with E-state index < -0.39 is 15.9 Å². The van der Waals surface area contributed by atoms with E-state index in [4.69, 9.17) is 10.8 Å². The Bertz CT molecular complexity index is 533. The van der Waals surface area contributed by atoms with Crippen molar-refractivity contribution < 1.29 is 13.5 Å². The number of fused-ring (bicyclic) bond motifs is 1. The lowest BCUT2D eigenvalue weighted by molar-refractivity contribution is 0.265. The first-order valence-electron chi connectivity index (χ1n) is 4.85. The van der Waals surface area contributed by atoms with Crippen LogP contribution in [0.2, 0.25) is 0 Å². The molecule has 0 saturated heterocycles. The van der Waals surface area contributed by atoms with Crippen LogP contribution >= 0.6 is 0 Å². The van der Waals surface area contributed by atoms with Crippen molar-refractivity contribution in [2.45, 2.75) is 4.90 Å². The van der Waals surface area contributed by atoms with E-state index in [0.29, 0.717) is 11.3 Å². The Labute approximate surface area is 93.7 Å². The third-order valence-electron chi connectivity index (χ3n) is 2.55. The van der Waals surface area contributed by atoms with Gasteiger partial charge in [0.2, 0.25) is 0 Å². The monoisotopic (exact) mass is 240 g/mol. The number of aliphatic hydroxyl groups excluding tert-OH is 1. The molecule has 1 heterocycles. The number of nitrogens with two attached hydrogens (primary N) is 1. The van der Waals surface area contributed by atoms with Crippen LogP contribution < -0.4 is 5.73 Å². The highest BCUT2D eigenvalue weighted by Gasteiger charge is 2.31. The Kier molecular flexibility index (Phi) is 2.79. The molecule has 5 nitrogen and oxygen atoms in total. The smallest absolute Gasteiger partial charge is 0.283 e. The second-order valence-corrected chi connectivity index (χ2v) is 5.14. The molecule has 1 aliphatic heterocycles. The van der Waals surface area contributed by atoms with Crippen molar-refractivity contribution >= 4 is 15.7 Å². The van der Waals surface area contributed by atoms with Crippen LogP contribution in [0.3, 0.4) is 0 Å². The van der Waals surface area contributed by atoms with Gasteiger partial charge in [0.25, 0.3) is 10.0 Å². The van der Waals surface area contributed by atoms with Crippen molar-refractivity contribution in [2.75, 3.05) is 13.2 Å². The summed E-state index contributed by atoms with van der Waals surface area (Å²) in [5, 5.41) is 9.13. The summed E-state index contributed by atoms with van der Waals surface area (Å²) >= 11 is 0. The Balaban J connectivity index is 2.59. The normalized spacial score (nSPS) is 19.0. The van der Waals surface area contributed by atoms with E-state index in [1.165, 1.54) is 6.07 Å². The molecule has 0 amide bonds. The first-order valence-corrected chi connectivity index (χ1v) is 6.29. The molecule has 0 aromatic heterocycles. The molecule has 6 heteroatoms. The Morgan fingerprint density at radius 1 is 1.38 bits per heavy atom. The fraction of sp³-hybridized carbons (Fsp3) is 0.300. The maximum atomic E-state index is 11.7. The molecular weight excluding hydrogens is 228 g/mol.